The van der Waals surface area contributed by atoms with E-state index in [4.69, 9.17) is 4.74 Å². The molecule has 1 heterocycles. The zero-order chi connectivity index (χ0) is 16.2. The lowest BCUT2D eigenvalue weighted by molar-refractivity contribution is 0.309. The van der Waals surface area contributed by atoms with Crippen molar-refractivity contribution in [2.45, 2.75) is 52.9 Å². The molecule has 0 N–H and O–H groups in total. The first kappa shape index (κ1) is 16.5. The second kappa shape index (κ2) is 6.95. The molecule has 0 radical (unpaired) electrons. The second-order valence-corrected chi connectivity index (χ2v) is 6.83. The third-order valence-electron chi connectivity index (χ3n) is 3.87. The van der Waals surface area contributed by atoms with E-state index in [0.29, 0.717) is 0 Å². The third-order valence-corrected chi connectivity index (χ3v) is 3.87. The van der Waals surface area contributed by atoms with Crippen molar-refractivity contribution in [2.24, 2.45) is 0 Å². The summed E-state index contributed by atoms with van der Waals surface area (Å²) in [5.74, 6) is 0.947. The largest absolute Gasteiger partial charge is 0.493 e. The summed E-state index contributed by atoms with van der Waals surface area (Å²) in [6, 6.07) is 10.6. The van der Waals surface area contributed by atoms with Crippen molar-refractivity contribution in [3.8, 4) is 17.0 Å². The second-order valence-electron chi connectivity index (χ2n) is 6.83. The SMILES string of the molecule is CCCCOc1cc(C(C)(C)C)ccc1-c1ncccc1C. The molecule has 118 valence electrons. The molecule has 0 saturated carbocycles. The molecule has 1 aromatic carbocycles. The summed E-state index contributed by atoms with van der Waals surface area (Å²) < 4.78 is 6.08. The van der Waals surface area contributed by atoms with Crippen LogP contribution in [0, 0.1) is 6.92 Å². The van der Waals surface area contributed by atoms with Crippen LogP contribution in [0.25, 0.3) is 11.3 Å². The van der Waals surface area contributed by atoms with Crippen molar-refractivity contribution in [2.75, 3.05) is 6.61 Å². The van der Waals surface area contributed by atoms with E-state index in [9.17, 15) is 0 Å². The number of nitrogens with zero attached hydrogens (tertiary/aromatic N) is 1. The van der Waals surface area contributed by atoms with Crippen LogP contribution in [0.2, 0.25) is 0 Å². The first-order valence-corrected chi connectivity index (χ1v) is 8.13. The maximum atomic E-state index is 6.08. The summed E-state index contributed by atoms with van der Waals surface area (Å²) >= 11 is 0. The zero-order valence-electron chi connectivity index (χ0n) is 14.4. The Morgan fingerprint density at radius 1 is 1.14 bits per heavy atom. The van der Waals surface area contributed by atoms with Crippen LogP contribution in [0.1, 0.15) is 51.7 Å². The highest BCUT2D eigenvalue weighted by molar-refractivity contribution is 5.70. The number of rotatable bonds is 5. The van der Waals surface area contributed by atoms with E-state index in [-0.39, 0.29) is 5.41 Å². The van der Waals surface area contributed by atoms with Gasteiger partial charge in [0.25, 0.3) is 0 Å². The van der Waals surface area contributed by atoms with Gasteiger partial charge in [0.2, 0.25) is 0 Å². The van der Waals surface area contributed by atoms with Gasteiger partial charge in [-0.25, -0.2) is 0 Å². The number of ether oxygens (including phenoxy) is 1. The number of hydrogen-bond donors (Lipinski definition) is 0. The van der Waals surface area contributed by atoms with Gasteiger partial charge in [-0.3, -0.25) is 4.98 Å². The smallest absolute Gasteiger partial charge is 0.128 e. The molecular weight excluding hydrogens is 270 g/mol. The minimum atomic E-state index is 0.112. The van der Waals surface area contributed by atoms with Crippen LogP contribution < -0.4 is 4.74 Å². The van der Waals surface area contributed by atoms with Gasteiger partial charge >= 0.3 is 0 Å². The Hall–Kier alpha value is -1.83. The van der Waals surface area contributed by atoms with Gasteiger partial charge in [0, 0.05) is 11.8 Å². The van der Waals surface area contributed by atoms with Crippen LogP contribution >= 0.6 is 0 Å². The fourth-order valence-corrected chi connectivity index (χ4v) is 2.40. The molecule has 1 aromatic heterocycles. The molecule has 22 heavy (non-hydrogen) atoms. The highest BCUT2D eigenvalue weighted by Gasteiger charge is 2.18. The molecule has 0 aliphatic heterocycles. The lowest BCUT2D eigenvalue weighted by Gasteiger charge is -2.22. The van der Waals surface area contributed by atoms with Gasteiger partial charge in [0.1, 0.15) is 5.75 Å². The summed E-state index contributed by atoms with van der Waals surface area (Å²) in [7, 11) is 0. The fraction of sp³-hybridized carbons (Fsp3) is 0.450. The average molecular weight is 297 g/mol. The maximum Gasteiger partial charge on any atom is 0.128 e. The Kier molecular flexibility index (Phi) is 5.23. The molecule has 0 saturated heterocycles. The van der Waals surface area contributed by atoms with E-state index in [2.05, 4.69) is 63.9 Å². The van der Waals surface area contributed by atoms with E-state index in [0.717, 1.165) is 36.5 Å². The van der Waals surface area contributed by atoms with Gasteiger partial charge in [-0.05, 0) is 48.1 Å². The normalized spacial score (nSPS) is 11.5. The Morgan fingerprint density at radius 3 is 2.55 bits per heavy atom. The monoisotopic (exact) mass is 297 g/mol. The van der Waals surface area contributed by atoms with E-state index >= 15 is 0 Å². The predicted octanol–water partition coefficient (Wildman–Crippen LogP) is 5.53. The first-order chi connectivity index (χ1) is 10.4. The summed E-state index contributed by atoms with van der Waals surface area (Å²) in [4.78, 5) is 4.55. The van der Waals surface area contributed by atoms with Gasteiger partial charge in [0.15, 0.2) is 0 Å². The topological polar surface area (TPSA) is 22.1 Å². The lowest BCUT2D eigenvalue weighted by atomic mass is 9.86. The highest BCUT2D eigenvalue weighted by atomic mass is 16.5. The fourth-order valence-electron chi connectivity index (χ4n) is 2.40. The molecule has 2 aromatic rings. The average Bonchev–Trinajstić information content (AvgIpc) is 2.47. The van der Waals surface area contributed by atoms with Crippen LogP contribution in [-0.4, -0.2) is 11.6 Å². The Morgan fingerprint density at radius 2 is 1.91 bits per heavy atom. The van der Waals surface area contributed by atoms with Crippen LogP contribution in [-0.2, 0) is 5.41 Å². The molecule has 0 aliphatic rings. The number of aromatic nitrogens is 1. The Balaban J connectivity index is 2.46. The quantitative estimate of drug-likeness (QED) is 0.677. The number of benzene rings is 1. The van der Waals surface area contributed by atoms with E-state index in [1.165, 1.54) is 11.1 Å². The third kappa shape index (κ3) is 3.88. The molecule has 2 rings (SSSR count). The molecule has 2 heteroatoms. The van der Waals surface area contributed by atoms with Crippen molar-refractivity contribution >= 4 is 0 Å². The summed E-state index contributed by atoms with van der Waals surface area (Å²) in [5, 5.41) is 0. The number of unbranched alkanes of at least 4 members (excludes halogenated alkanes) is 1. The van der Waals surface area contributed by atoms with Crippen molar-refractivity contribution in [1.82, 2.24) is 4.98 Å². The van der Waals surface area contributed by atoms with E-state index in [1.54, 1.807) is 0 Å². The molecule has 0 unspecified atom stereocenters. The number of pyridine rings is 1. The van der Waals surface area contributed by atoms with Crippen LogP contribution in [0.5, 0.6) is 5.75 Å². The Bertz CT molecular complexity index is 626. The van der Waals surface area contributed by atoms with Crippen LogP contribution in [0.3, 0.4) is 0 Å². The highest BCUT2D eigenvalue weighted by Crippen LogP contribution is 2.35. The van der Waals surface area contributed by atoms with Gasteiger partial charge < -0.3 is 4.74 Å². The van der Waals surface area contributed by atoms with Crippen molar-refractivity contribution in [3.63, 3.8) is 0 Å². The minimum absolute atomic E-state index is 0.112. The lowest BCUT2D eigenvalue weighted by Crippen LogP contribution is -2.11. The van der Waals surface area contributed by atoms with Gasteiger partial charge in [0.05, 0.1) is 12.3 Å². The van der Waals surface area contributed by atoms with Gasteiger partial charge in [-0.1, -0.05) is 46.2 Å². The van der Waals surface area contributed by atoms with Crippen molar-refractivity contribution < 1.29 is 4.74 Å². The molecule has 2 nitrogen and oxygen atoms in total. The predicted molar refractivity (Wildman–Crippen MR) is 93.5 cm³/mol. The van der Waals surface area contributed by atoms with Crippen LogP contribution in [0.4, 0.5) is 0 Å². The van der Waals surface area contributed by atoms with E-state index in [1.807, 2.05) is 12.3 Å². The number of hydrogen-bond acceptors (Lipinski definition) is 2. The maximum absolute atomic E-state index is 6.08. The minimum Gasteiger partial charge on any atom is -0.493 e. The molecule has 0 spiro atoms. The summed E-state index contributed by atoms with van der Waals surface area (Å²) in [5.41, 5.74) is 4.67. The van der Waals surface area contributed by atoms with Crippen molar-refractivity contribution in [1.29, 1.82) is 0 Å². The molecule has 0 amide bonds. The number of aryl methyl sites for hydroxylation is 1. The molecule has 0 aliphatic carbocycles. The molecule has 0 fully saturated rings. The molecular formula is C20H27NO. The van der Waals surface area contributed by atoms with Gasteiger partial charge in [-0.15, -0.1) is 0 Å². The van der Waals surface area contributed by atoms with Gasteiger partial charge in [-0.2, -0.15) is 0 Å². The van der Waals surface area contributed by atoms with Crippen molar-refractivity contribution in [3.05, 3.63) is 47.7 Å². The standard InChI is InChI=1S/C20H27NO/c1-6-7-13-22-18-14-16(20(3,4)5)10-11-17(18)19-15(2)9-8-12-21-19/h8-12,14H,6-7,13H2,1-5H3. The zero-order valence-corrected chi connectivity index (χ0v) is 14.4. The molecule has 0 atom stereocenters. The van der Waals surface area contributed by atoms with Crippen LogP contribution in [0.15, 0.2) is 36.5 Å². The first-order valence-electron chi connectivity index (χ1n) is 8.13. The summed E-state index contributed by atoms with van der Waals surface area (Å²) in [6.45, 7) is 11.7. The Labute approximate surface area is 134 Å². The summed E-state index contributed by atoms with van der Waals surface area (Å²) in [6.07, 6.45) is 4.05. The molecule has 0 bridgehead atoms. The van der Waals surface area contributed by atoms with E-state index < -0.39 is 0 Å².